The molecule has 1 fully saturated rings. The lowest BCUT2D eigenvalue weighted by Gasteiger charge is -2.33. The van der Waals surface area contributed by atoms with Crippen molar-refractivity contribution in [2.45, 2.75) is 57.2 Å². The van der Waals surface area contributed by atoms with Crippen LogP contribution in [0.5, 0.6) is 0 Å². The van der Waals surface area contributed by atoms with Crippen LogP contribution in [-0.2, 0) is 20.1 Å². The normalized spacial score (nSPS) is 15.0. The first-order valence-electron chi connectivity index (χ1n) is 45.6. The Kier molecular flexibility index (Phi) is 19.5. The van der Waals surface area contributed by atoms with Gasteiger partial charge in [-0.3, -0.25) is 0 Å². The van der Waals surface area contributed by atoms with Crippen molar-refractivity contribution >= 4 is 116 Å². The summed E-state index contributed by atoms with van der Waals surface area (Å²) in [5.41, 5.74) is 18.4. The van der Waals surface area contributed by atoms with E-state index >= 15 is 0 Å². The molecule has 0 radical (unpaired) electrons. The molecule has 2 aliphatic carbocycles. The van der Waals surface area contributed by atoms with Crippen LogP contribution in [0.3, 0.4) is 0 Å². The third-order valence-corrected chi connectivity index (χ3v) is 26.8. The van der Waals surface area contributed by atoms with Crippen molar-refractivity contribution in [3.05, 3.63) is 450 Å². The van der Waals surface area contributed by atoms with E-state index in [9.17, 15) is 0 Å². The van der Waals surface area contributed by atoms with Crippen LogP contribution in [0.15, 0.2) is 400 Å². The second-order valence-electron chi connectivity index (χ2n) is 31.4. The molecule has 0 amide bonds. The third kappa shape index (κ3) is 14.6. The van der Waals surface area contributed by atoms with Crippen molar-refractivity contribution in [3.8, 4) is 101 Å². The molecule has 3 aliphatic rings. The summed E-state index contributed by atoms with van der Waals surface area (Å²) in [4.78, 5) is 28.4. The summed E-state index contributed by atoms with van der Waals surface area (Å²) in [6, 6.07) is 113. The summed E-state index contributed by atoms with van der Waals surface area (Å²) in [5, 5.41) is 4.96. The lowest BCUT2D eigenvalue weighted by atomic mass is 9.67. The molecule has 23 rings (SSSR count). The van der Waals surface area contributed by atoms with Crippen molar-refractivity contribution in [1.29, 1.82) is 0 Å². The zero-order valence-electron chi connectivity index (χ0n) is 77.6. The smallest absolute Gasteiger partial charge is 0.399 e. The topological polar surface area (TPSA) is 95.8 Å². The van der Waals surface area contributed by atoms with Gasteiger partial charge in [-0.25, -0.2) is 19.9 Å². The first kappa shape index (κ1) is 70.8. The van der Waals surface area contributed by atoms with E-state index in [1.165, 1.54) is 51.5 Å². The molecule has 1 aliphatic heterocycles. The number of benzene rings is 16. The van der Waals surface area contributed by atoms with Crippen LogP contribution >= 0.6 is 63.2 Å². The molecule has 0 bridgehead atoms. The monoisotopic (exact) mass is 1810 g/mol. The molecule has 1 atom stereocenters. The molecule has 20 aromatic rings. The van der Waals surface area contributed by atoms with Crippen molar-refractivity contribution in [2.75, 3.05) is 0 Å². The summed E-state index contributed by atoms with van der Waals surface area (Å²) < 4.78 is 102. The second-order valence-corrected chi connectivity index (χ2v) is 33.9. The quantitative estimate of drug-likeness (QED) is 0.0678. The van der Waals surface area contributed by atoms with Gasteiger partial charge in [0.15, 0.2) is 29.1 Å². The number of rotatable bonds is 12. The SMILES string of the molecule is C.CC1(C)OB(c2ccc(-c3cccc4c3sc3ccccc34)cc2)OC1(C)C.PI.[2H]c1c([2H])c([2H])c(-c2nc(-c3ccc(-c4cccc5c4sc4ccccc45)cc3)nc(-c3cccc4c3-c3ccccc3C4(c3ccccc3)c3ccccc3)n2)c([2H])c1[2H].[2H]c1c([2H])c([2H])c(-c2nc(Cl)nc(-c3cccc4c3-c3ccccc3C4(c3ccccc3)c3ccccc3)n2)c([2H])c1[2H]. The second kappa shape index (κ2) is 34.5. The lowest BCUT2D eigenvalue weighted by molar-refractivity contribution is 0.00578. The van der Waals surface area contributed by atoms with Crippen molar-refractivity contribution in [1.82, 2.24) is 29.9 Å². The van der Waals surface area contributed by atoms with Crippen LogP contribution in [0.1, 0.15) is 93.3 Å². The first-order valence-corrected chi connectivity index (χ1v) is 46.8. The van der Waals surface area contributed by atoms with Gasteiger partial charge < -0.3 is 9.31 Å². The van der Waals surface area contributed by atoms with Gasteiger partial charge in [-0.15, -0.1) is 22.7 Å². The Morgan fingerprint density at radius 1 is 0.304 bits per heavy atom. The summed E-state index contributed by atoms with van der Waals surface area (Å²) >= 11 is 12.2. The molecule has 604 valence electrons. The Morgan fingerprint density at radius 2 is 0.608 bits per heavy atom. The average molecular weight is 1810 g/mol. The number of hydrogen-bond donors (Lipinski definition) is 0. The van der Waals surface area contributed by atoms with E-state index in [1.807, 2.05) is 114 Å². The predicted molar refractivity (Wildman–Crippen MR) is 536 cm³/mol. The molecule has 0 N–H and O–H groups in total. The minimum atomic E-state index is -0.664. The standard InChI is InChI=1S/C52H33N3S.C34H22ClN3.C24H23BO2S.CH4.H2IP/c1-4-16-35(17-5-1)49-53-50(36-32-30-34(31-33-36)39-24-14-25-41-40-22-11-13-29-46(40)56-48(39)41)55-51(54-49)43-26-15-28-45-47(43)42-23-10-12-27-44(42)52(45,37-18-6-2-7-19-37)38-20-8-3-9-21-38;35-33-37-31(23-13-4-1-5-14-23)36-32(38-33)27-20-12-22-29-30(27)26-19-10-11-21-28(26)34(29,24-15-6-2-7-16-24)25-17-8-3-9-18-25;1-23(2)24(3,4)27-25(26-23)17-14-12-16(13-15-17)18-9-7-10-20-19-8-5-6-11-21(19)28-22(18)20;;1-2/h1-33H;1-22H;5-15H,1-4H3;1H4;2H2/i1D,4D,5D,16D,17D;1D,4D,5D,13D,14D;;;. The van der Waals surface area contributed by atoms with E-state index < -0.39 is 59.2 Å². The number of halogens is 2. The zero-order valence-corrected chi connectivity index (χ0v) is 73.3. The number of aromatic nitrogens is 6. The molecule has 125 heavy (non-hydrogen) atoms. The van der Waals surface area contributed by atoms with Crippen LogP contribution < -0.4 is 5.46 Å². The molecule has 5 heterocycles. The predicted octanol–water partition coefficient (Wildman–Crippen LogP) is 29.4. The average Bonchev–Trinajstić information content (AvgIpc) is 1.53. The highest BCUT2D eigenvalue weighted by Crippen LogP contribution is 2.60. The Hall–Kier alpha value is -12.6. The Bertz CT molecular complexity index is 7880. The van der Waals surface area contributed by atoms with Gasteiger partial charge in [-0.05, 0) is 146 Å². The lowest BCUT2D eigenvalue weighted by Crippen LogP contribution is -2.41. The van der Waals surface area contributed by atoms with Crippen molar-refractivity contribution in [3.63, 3.8) is 0 Å². The highest BCUT2D eigenvalue weighted by Gasteiger charge is 2.52. The fourth-order valence-electron chi connectivity index (χ4n) is 17.9. The molecule has 4 aromatic heterocycles. The molecule has 14 heteroatoms. The summed E-state index contributed by atoms with van der Waals surface area (Å²) in [7, 11) is -0.320. The van der Waals surface area contributed by atoms with E-state index in [4.69, 9.17) is 49.6 Å². The fraction of sp³-hybridized carbons (Fsp3) is 0.0811. The van der Waals surface area contributed by atoms with Gasteiger partial charge in [-0.2, -0.15) is 9.97 Å². The van der Waals surface area contributed by atoms with Crippen molar-refractivity contribution < 1.29 is 23.0 Å². The fourth-order valence-corrected chi connectivity index (χ4v) is 20.6. The Balaban J connectivity index is 0.000000138. The number of thiophene rings is 2. The van der Waals surface area contributed by atoms with Gasteiger partial charge >= 0.3 is 7.12 Å². The van der Waals surface area contributed by atoms with Gasteiger partial charge in [-0.1, -0.05) is 424 Å². The minimum Gasteiger partial charge on any atom is -0.399 e. The summed E-state index contributed by atoms with van der Waals surface area (Å²) in [6.07, 6.45) is 0. The minimum absolute atomic E-state index is 0. The van der Waals surface area contributed by atoms with E-state index in [0.29, 0.717) is 22.8 Å². The van der Waals surface area contributed by atoms with E-state index in [2.05, 4.69) is 308 Å². The molecule has 16 aromatic carbocycles. The summed E-state index contributed by atoms with van der Waals surface area (Å²) in [5.74, 6) is 0.797. The van der Waals surface area contributed by atoms with Gasteiger partial charge in [0.05, 0.1) is 35.7 Å². The van der Waals surface area contributed by atoms with E-state index in [-0.39, 0.29) is 71.7 Å². The largest absolute Gasteiger partial charge is 0.494 e. The molecule has 0 spiro atoms. The Labute approximate surface area is 771 Å². The highest BCUT2D eigenvalue weighted by molar-refractivity contribution is 14.2. The zero-order chi connectivity index (χ0) is 92.8. The van der Waals surface area contributed by atoms with Crippen molar-refractivity contribution in [2.24, 2.45) is 0 Å². The number of hydrogen-bond acceptors (Lipinski definition) is 10. The third-order valence-electron chi connectivity index (χ3n) is 24.1. The van der Waals surface area contributed by atoms with Gasteiger partial charge in [0.25, 0.3) is 0 Å². The van der Waals surface area contributed by atoms with E-state index in [1.54, 1.807) is 11.3 Å². The van der Waals surface area contributed by atoms with Crippen LogP contribution in [0.25, 0.3) is 142 Å². The molecular formula is C111H84BClIN6O2PS2. The van der Waals surface area contributed by atoms with Gasteiger partial charge in [0, 0.05) is 68.2 Å². The highest BCUT2D eigenvalue weighted by atomic mass is 127. The maximum Gasteiger partial charge on any atom is 0.494 e. The van der Waals surface area contributed by atoms with Crippen LogP contribution in [0.2, 0.25) is 5.28 Å². The molecule has 1 saturated heterocycles. The first-order chi connectivity index (χ1) is 65.0. The molecular weight excluding hydrogens is 1720 g/mol. The van der Waals surface area contributed by atoms with Crippen LogP contribution in [0, 0.1) is 0 Å². The van der Waals surface area contributed by atoms with Gasteiger partial charge in [0.1, 0.15) is 0 Å². The molecule has 1 unspecified atom stereocenters. The van der Waals surface area contributed by atoms with Crippen LogP contribution in [-0.4, -0.2) is 48.2 Å². The van der Waals surface area contributed by atoms with Crippen LogP contribution in [0.4, 0.5) is 0 Å². The van der Waals surface area contributed by atoms with Gasteiger partial charge in [0.2, 0.25) is 5.28 Å². The maximum absolute atomic E-state index is 8.94. The Morgan fingerprint density at radius 3 is 1.04 bits per heavy atom. The number of fused-ring (bicyclic) bond motifs is 12. The maximum atomic E-state index is 8.94. The number of nitrogens with zero attached hydrogens (tertiary/aromatic N) is 6. The molecule has 8 nitrogen and oxygen atoms in total. The van der Waals surface area contributed by atoms with E-state index in [0.717, 1.165) is 88.9 Å². The molecule has 0 saturated carbocycles. The summed E-state index contributed by atoms with van der Waals surface area (Å²) in [6.45, 7) is 10.7.